The number of rotatable bonds is 4. The molecule has 0 aliphatic carbocycles. The van der Waals surface area contributed by atoms with Gasteiger partial charge in [0.2, 0.25) is 0 Å². The Hall–Kier alpha value is -3.22. The van der Waals surface area contributed by atoms with Crippen molar-refractivity contribution in [3.8, 4) is 21.7 Å². The first-order valence-corrected chi connectivity index (χ1v) is 10.9. The van der Waals surface area contributed by atoms with Crippen LogP contribution >= 0.6 is 22.9 Å². The number of hydrogen-bond donors (Lipinski definition) is 1. The van der Waals surface area contributed by atoms with E-state index in [1.165, 1.54) is 0 Å². The molecule has 0 unspecified atom stereocenters. The molecule has 0 bridgehead atoms. The number of nitrogens with zero attached hydrogens (tertiary/aromatic N) is 3. The molecule has 5 nitrogen and oxygen atoms in total. The number of aliphatic carboxylic acids is 1. The third-order valence-electron chi connectivity index (χ3n) is 5.47. The number of carboxylic acids is 1. The molecule has 3 aromatic carbocycles. The van der Waals surface area contributed by atoms with Crippen molar-refractivity contribution in [1.82, 2.24) is 14.8 Å². The lowest BCUT2D eigenvalue weighted by molar-refractivity contribution is -0.136. The van der Waals surface area contributed by atoms with Crippen LogP contribution in [0.3, 0.4) is 0 Å². The molecular formula is C24H18ClN3O2S. The van der Waals surface area contributed by atoms with Crippen LogP contribution in [0.1, 0.15) is 11.1 Å². The van der Waals surface area contributed by atoms with E-state index in [1.54, 1.807) is 11.3 Å². The fourth-order valence-corrected chi connectivity index (χ4v) is 5.20. The number of carboxylic acid groups (broad SMARTS) is 1. The summed E-state index contributed by atoms with van der Waals surface area (Å²) >= 11 is 7.67. The summed E-state index contributed by atoms with van der Waals surface area (Å²) < 4.78 is 2.82. The third kappa shape index (κ3) is 3.48. The molecule has 2 heterocycles. The van der Waals surface area contributed by atoms with Gasteiger partial charge in [-0.1, -0.05) is 35.9 Å². The number of thiazole rings is 1. The highest BCUT2D eigenvalue weighted by Crippen LogP contribution is 2.41. The molecule has 0 atom stereocenters. The average molecular weight is 448 g/mol. The van der Waals surface area contributed by atoms with Gasteiger partial charge in [-0.05, 0) is 47.9 Å². The van der Waals surface area contributed by atoms with Gasteiger partial charge in [-0.15, -0.1) is 11.3 Å². The second-order valence-electron chi connectivity index (χ2n) is 7.53. The van der Waals surface area contributed by atoms with Gasteiger partial charge in [0.15, 0.2) is 0 Å². The van der Waals surface area contributed by atoms with Gasteiger partial charge >= 0.3 is 5.97 Å². The molecule has 31 heavy (non-hydrogen) atoms. The minimum Gasteiger partial charge on any atom is -0.481 e. The van der Waals surface area contributed by atoms with Crippen molar-refractivity contribution in [3.63, 3.8) is 0 Å². The van der Waals surface area contributed by atoms with Crippen LogP contribution in [0.5, 0.6) is 0 Å². The van der Waals surface area contributed by atoms with Crippen molar-refractivity contribution in [2.75, 3.05) is 0 Å². The molecule has 0 amide bonds. The van der Waals surface area contributed by atoms with Gasteiger partial charge in [-0.3, -0.25) is 9.48 Å². The van der Waals surface area contributed by atoms with Gasteiger partial charge in [0.05, 0.1) is 28.4 Å². The van der Waals surface area contributed by atoms with E-state index in [1.807, 2.05) is 61.2 Å². The van der Waals surface area contributed by atoms with Crippen molar-refractivity contribution in [3.05, 3.63) is 70.9 Å². The largest absolute Gasteiger partial charge is 0.481 e. The number of aromatic nitrogens is 3. The Kier molecular flexibility index (Phi) is 4.76. The standard InChI is InChI=1S/C24H18ClN3O2S/c1-13-9-19-23(22(18(13)11-21(29)30)14-5-7-17(25)8-6-14)31-24(27-19)15-3-4-16-12-26-28(2)20(16)10-15/h3-10,12H,11H2,1-2H3,(H,29,30). The van der Waals surface area contributed by atoms with E-state index in [9.17, 15) is 9.90 Å². The maximum absolute atomic E-state index is 11.6. The molecule has 0 spiro atoms. The van der Waals surface area contributed by atoms with Crippen LogP contribution in [0, 0.1) is 6.92 Å². The molecule has 0 radical (unpaired) electrons. The highest BCUT2D eigenvalue weighted by Gasteiger charge is 2.19. The van der Waals surface area contributed by atoms with Crippen molar-refractivity contribution >= 4 is 50.0 Å². The molecule has 154 valence electrons. The summed E-state index contributed by atoms with van der Waals surface area (Å²) in [6.45, 7) is 1.94. The lowest BCUT2D eigenvalue weighted by Crippen LogP contribution is -2.04. The summed E-state index contributed by atoms with van der Waals surface area (Å²) in [6.07, 6.45) is 1.80. The SMILES string of the molecule is Cc1cc2nc(-c3ccc4cnn(C)c4c3)sc2c(-c2ccc(Cl)cc2)c1CC(=O)O. The summed E-state index contributed by atoms with van der Waals surface area (Å²) in [5.74, 6) is -0.857. The zero-order valence-corrected chi connectivity index (χ0v) is 18.5. The fraction of sp³-hybridized carbons (Fsp3) is 0.125. The Balaban J connectivity index is 1.76. The molecule has 5 rings (SSSR count). The molecule has 5 aromatic rings. The van der Waals surface area contributed by atoms with Crippen molar-refractivity contribution in [2.24, 2.45) is 7.05 Å². The molecule has 0 saturated carbocycles. The van der Waals surface area contributed by atoms with Crippen LogP contribution in [-0.4, -0.2) is 25.8 Å². The third-order valence-corrected chi connectivity index (χ3v) is 6.86. The molecule has 0 fully saturated rings. The summed E-state index contributed by atoms with van der Waals surface area (Å²) in [7, 11) is 1.92. The lowest BCUT2D eigenvalue weighted by atomic mass is 9.93. The zero-order valence-electron chi connectivity index (χ0n) is 16.9. The number of aryl methyl sites for hydroxylation is 2. The summed E-state index contributed by atoms with van der Waals surface area (Å²) in [5.41, 5.74) is 6.49. The van der Waals surface area contributed by atoms with Gasteiger partial charge in [0.1, 0.15) is 5.01 Å². The highest BCUT2D eigenvalue weighted by molar-refractivity contribution is 7.22. The number of hydrogen-bond acceptors (Lipinski definition) is 4. The van der Waals surface area contributed by atoms with Crippen LogP contribution in [0.15, 0.2) is 54.7 Å². The molecular weight excluding hydrogens is 430 g/mol. The number of halogens is 1. The van der Waals surface area contributed by atoms with Crippen molar-refractivity contribution in [2.45, 2.75) is 13.3 Å². The first kappa shape index (κ1) is 19.7. The minimum atomic E-state index is -0.857. The summed E-state index contributed by atoms with van der Waals surface area (Å²) in [4.78, 5) is 16.5. The Morgan fingerprint density at radius 1 is 1.13 bits per heavy atom. The Morgan fingerprint density at radius 2 is 1.87 bits per heavy atom. The van der Waals surface area contributed by atoms with Crippen LogP contribution in [0.2, 0.25) is 5.02 Å². The van der Waals surface area contributed by atoms with E-state index >= 15 is 0 Å². The van der Waals surface area contributed by atoms with Gasteiger partial charge in [-0.2, -0.15) is 5.10 Å². The fourth-order valence-electron chi connectivity index (χ4n) is 3.94. The van der Waals surface area contributed by atoms with E-state index in [0.29, 0.717) is 5.02 Å². The molecule has 0 saturated heterocycles. The monoisotopic (exact) mass is 447 g/mol. The van der Waals surface area contributed by atoms with E-state index in [-0.39, 0.29) is 6.42 Å². The van der Waals surface area contributed by atoms with E-state index in [2.05, 4.69) is 17.2 Å². The van der Waals surface area contributed by atoms with E-state index in [0.717, 1.165) is 53.9 Å². The summed E-state index contributed by atoms with van der Waals surface area (Å²) in [6, 6.07) is 15.7. The predicted octanol–water partition coefficient (Wildman–Crippen LogP) is 6.11. The average Bonchev–Trinajstić information content (AvgIpc) is 3.32. The Morgan fingerprint density at radius 3 is 2.61 bits per heavy atom. The normalized spacial score (nSPS) is 11.5. The predicted molar refractivity (Wildman–Crippen MR) is 126 cm³/mol. The van der Waals surface area contributed by atoms with Crippen LogP contribution in [0.25, 0.3) is 42.8 Å². The lowest BCUT2D eigenvalue weighted by Gasteiger charge is -2.13. The molecule has 7 heteroatoms. The highest BCUT2D eigenvalue weighted by atomic mass is 35.5. The van der Waals surface area contributed by atoms with Gasteiger partial charge in [-0.25, -0.2) is 4.98 Å². The van der Waals surface area contributed by atoms with Gasteiger partial charge in [0.25, 0.3) is 0 Å². The molecule has 0 aliphatic rings. The van der Waals surface area contributed by atoms with Crippen LogP contribution in [0.4, 0.5) is 0 Å². The topological polar surface area (TPSA) is 68.0 Å². The quantitative estimate of drug-likeness (QED) is 0.361. The first-order chi connectivity index (χ1) is 14.9. The second-order valence-corrected chi connectivity index (χ2v) is 8.97. The molecule has 1 N–H and O–H groups in total. The minimum absolute atomic E-state index is 0.0477. The number of fused-ring (bicyclic) bond motifs is 2. The van der Waals surface area contributed by atoms with E-state index < -0.39 is 5.97 Å². The van der Waals surface area contributed by atoms with Crippen molar-refractivity contribution < 1.29 is 9.90 Å². The smallest absolute Gasteiger partial charge is 0.307 e. The molecule has 0 aliphatic heterocycles. The van der Waals surface area contributed by atoms with Crippen molar-refractivity contribution in [1.29, 1.82) is 0 Å². The zero-order chi connectivity index (χ0) is 21.7. The molecule has 2 aromatic heterocycles. The van der Waals surface area contributed by atoms with Gasteiger partial charge in [0, 0.05) is 28.6 Å². The number of benzene rings is 3. The second kappa shape index (κ2) is 7.48. The van der Waals surface area contributed by atoms with Crippen LogP contribution in [-0.2, 0) is 18.3 Å². The Labute approximate surface area is 187 Å². The van der Waals surface area contributed by atoms with E-state index in [4.69, 9.17) is 16.6 Å². The van der Waals surface area contributed by atoms with Crippen LogP contribution < -0.4 is 0 Å². The number of carbonyl (C=O) groups is 1. The maximum atomic E-state index is 11.6. The maximum Gasteiger partial charge on any atom is 0.307 e. The first-order valence-electron chi connectivity index (χ1n) is 9.73. The Bertz CT molecular complexity index is 1470. The van der Waals surface area contributed by atoms with Gasteiger partial charge < -0.3 is 5.11 Å². The summed E-state index contributed by atoms with van der Waals surface area (Å²) in [5, 5.41) is 16.5.